The Morgan fingerprint density at radius 3 is 2.52 bits per heavy atom. The van der Waals surface area contributed by atoms with Gasteiger partial charge in [0.25, 0.3) is 5.91 Å². The monoisotopic (exact) mass is 319 g/mol. The molecule has 0 heterocycles. The zero-order valence-electron chi connectivity index (χ0n) is 13.5. The predicted molar refractivity (Wildman–Crippen MR) is 85.2 cm³/mol. The largest absolute Gasteiger partial charge is 0.504 e. The third-order valence-corrected chi connectivity index (χ3v) is 3.64. The third-order valence-electron chi connectivity index (χ3n) is 3.64. The van der Waals surface area contributed by atoms with E-state index < -0.39 is 24.0 Å². The van der Waals surface area contributed by atoms with Crippen LogP contribution in [-0.4, -0.2) is 36.2 Å². The summed E-state index contributed by atoms with van der Waals surface area (Å²) in [6, 6.07) is 4.41. The van der Waals surface area contributed by atoms with Crippen LogP contribution in [0.1, 0.15) is 37.0 Å². The van der Waals surface area contributed by atoms with Gasteiger partial charge >= 0.3 is 5.97 Å². The van der Waals surface area contributed by atoms with E-state index in [1.807, 2.05) is 13.8 Å². The van der Waals surface area contributed by atoms with Crippen LogP contribution in [0.25, 0.3) is 0 Å². The third kappa shape index (κ3) is 4.39. The van der Waals surface area contributed by atoms with Crippen molar-refractivity contribution in [2.45, 2.75) is 32.2 Å². The molecule has 1 aromatic carbocycles. The summed E-state index contributed by atoms with van der Waals surface area (Å²) in [5, 5.41) is 12.6. The van der Waals surface area contributed by atoms with Crippen molar-refractivity contribution in [2.75, 3.05) is 13.7 Å². The van der Waals surface area contributed by atoms with E-state index in [0.29, 0.717) is 12.8 Å². The molecule has 0 unspecified atom stereocenters. The quantitative estimate of drug-likeness (QED) is 0.592. The number of nitrogens with one attached hydrogen (secondary N) is 1. The van der Waals surface area contributed by atoms with Crippen molar-refractivity contribution in [1.29, 1.82) is 0 Å². The highest BCUT2D eigenvalue weighted by Gasteiger charge is 2.26. The number of hydrogen-bond donors (Lipinski definition) is 2. The summed E-state index contributed by atoms with van der Waals surface area (Å²) in [7, 11) is 1.37. The molecule has 0 saturated heterocycles. The molecule has 0 fully saturated rings. The van der Waals surface area contributed by atoms with E-state index in [-0.39, 0.29) is 17.1 Å². The van der Waals surface area contributed by atoms with Gasteiger partial charge in [0.1, 0.15) is 11.1 Å². The molecule has 124 valence electrons. The molecule has 0 aliphatic carbocycles. The minimum absolute atomic E-state index is 0.0775. The van der Waals surface area contributed by atoms with Gasteiger partial charge in [0.05, 0.1) is 7.11 Å². The fourth-order valence-corrected chi connectivity index (χ4v) is 2.03. The second-order valence-electron chi connectivity index (χ2n) is 4.91. The molecular formula is C17H21NO5. The first kappa shape index (κ1) is 18.4. The molecule has 0 spiro atoms. The number of esters is 1. The van der Waals surface area contributed by atoms with Gasteiger partial charge in [-0.15, -0.1) is 6.42 Å². The normalized spacial score (nSPS) is 10.5. The highest BCUT2D eigenvalue weighted by molar-refractivity contribution is 5.94. The number of carbonyl (C=O) groups is 2. The van der Waals surface area contributed by atoms with Crippen LogP contribution in [-0.2, 0) is 9.53 Å². The summed E-state index contributed by atoms with van der Waals surface area (Å²) in [4.78, 5) is 23.9. The van der Waals surface area contributed by atoms with E-state index in [1.54, 1.807) is 0 Å². The van der Waals surface area contributed by atoms with Crippen molar-refractivity contribution >= 4 is 11.9 Å². The molecule has 0 saturated carbocycles. The molecule has 0 aromatic heterocycles. The van der Waals surface area contributed by atoms with Crippen LogP contribution < -0.4 is 10.1 Å². The van der Waals surface area contributed by atoms with Gasteiger partial charge in [-0.2, -0.15) is 0 Å². The molecule has 23 heavy (non-hydrogen) atoms. The smallest absolute Gasteiger partial charge is 0.342 e. The lowest BCUT2D eigenvalue weighted by Gasteiger charge is -2.26. The van der Waals surface area contributed by atoms with E-state index in [0.717, 1.165) is 0 Å². The number of hydrogen-bond acceptors (Lipinski definition) is 5. The van der Waals surface area contributed by atoms with Crippen LogP contribution in [0.3, 0.4) is 0 Å². The van der Waals surface area contributed by atoms with Crippen LogP contribution in [0.2, 0.25) is 0 Å². The zero-order valence-corrected chi connectivity index (χ0v) is 13.5. The average Bonchev–Trinajstić information content (AvgIpc) is 2.58. The van der Waals surface area contributed by atoms with Gasteiger partial charge in [-0.3, -0.25) is 4.79 Å². The van der Waals surface area contributed by atoms with Crippen molar-refractivity contribution in [3.63, 3.8) is 0 Å². The lowest BCUT2D eigenvalue weighted by Crippen LogP contribution is -2.48. The molecule has 1 rings (SSSR count). The fourth-order valence-electron chi connectivity index (χ4n) is 2.03. The summed E-state index contributed by atoms with van der Waals surface area (Å²) in [6.45, 7) is 3.24. The number of benzene rings is 1. The number of methoxy groups -OCH3 is 1. The van der Waals surface area contributed by atoms with E-state index in [1.165, 1.54) is 25.3 Å². The maximum Gasteiger partial charge on any atom is 0.342 e. The minimum Gasteiger partial charge on any atom is -0.504 e. The Morgan fingerprint density at radius 1 is 1.35 bits per heavy atom. The summed E-state index contributed by atoms with van der Waals surface area (Å²) < 4.78 is 9.83. The number of ether oxygens (including phenoxy) is 2. The van der Waals surface area contributed by atoms with Gasteiger partial charge in [-0.1, -0.05) is 25.8 Å². The predicted octanol–water partition coefficient (Wildman–Crippen LogP) is 1.87. The number of carbonyl (C=O) groups excluding carboxylic acids is 2. The standard InChI is InChI=1S/C17H21NO5/c1-5-17(6-2,7-3)18-14(19)11-23-16(21)12-9-8-10-13(22-4)15(12)20/h1,8-10,20H,6-7,11H2,2-4H3,(H,18,19). The number of rotatable bonds is 7. The highest BCUT2D eigenvalue weighted by atomic mass is 16.5. The van der Waals surface area contributed by atoms with Gasteiger partial charge in [-0.05, 0) is 25.0 Å². The van der Waals surface area contributed by atoms with Crippen molar-refractivity contribution < 1.29 is 24.2 Å². The Hall–Kier alpha value is -2.68. The molecule has 1 amide bonds. The maximum absolute atomic E-state index is 12.0. The summed E-state index contributed by atoms with van der Waals surface area (Å²) in [5.41, 5.74) is -0.826. The molecule has 0 aliphatic heterocycles. The molecular weight excluding hydrogens is 298 g/mol. The Kier molecular flexibility index (Phi) is 6.46. The first-order valence-corrected chi connectivity index (χ1v) is 7.24. The van der Waals surface area contributed by atoms with E-state index >= 15 is 0 Å². The van der Waals surface area contributed by atoms with E-state index in [2.05, 4.69) is 11.2 Å². The zero-order chi connectivity index (χ0) is 17.5. The average molecular weight is 319 g/mol. The molecule has 6 heteroatoms. The molecule has 6 nitrogen and oxygen atoms in total. The highest BCUT2D eigenvalue weighted by Crippen LogP contribution is 2.29. The van der Waals surface area contributed by atoms with Gasteiger partial charge in [-0.25, -0.2) is 4.79 Å². The Bertz CT molecular complexity index is 614. The van der Waals surface area contributed by atoms with Gasteiger partial charge in [0, 0.05) is 0 Å². The van der Waals surface area contributed by atoms with Crippen molar-refractivity contribution in [3.05, 3.63) is 23.8 Å². The summed E-state index contributed by atoms with van der Waals surface area (Å²) in [6.07, 6.45) is 6.59. The van der Waals surface area contributed by atoms with Crippen LogP contribution in [0.4, 0.5) is 0 Å². The second-order valence-corrected chi connectivity index (χ2v) is 4.91. The lowest BCUT2D eigenvalue weighted by molar-refractivity contribution is -0.125. The Labute approximate surface area is 135 Å². The summed E-state index contributed by atoms with van der Waals surface area (Å²) >= 11 is 0. The molecule has 2 N–H and O–H groups in total. The lowest BCUT2D eigenvalue weighted by atomic mass is 9.94. The van der Waals surface area contributed by atoms with E-state index in [4.69, 9.17) is 15.9 Å². The van der Waals surface area contributed by atoms with Crippen molar-refractivity contribution in [2.24, 2.45) is 0 Å². The second kappa shape index (κ2) is 8.08. The van der Waals surface area contributed by atoms with Crippen LogP contribution >= 0.6 is 0 Å². The SMILES string of the molecule is C#CC(CC)(CC)NC(=O)COC(=O)c1cccc(OC)c1O. The first-order valence-electron chi connectivity index (χ1n) is 7.24. The number of amides is 1. The van der Waals surface area contributed by atoms with Gasteiger partial charge in [0.15, 0.2) is 18.1 Å². The maximum atomic E-state index is 12.0. The number of terminal acetylenes is 1. The number of para-hydroxylation sites is 1. The topological polar surface area (TPSA) is 84.9 Å². The van der Waals surface area contributed by atoms with Crippen molar-refractivity contribution in [1.82, 2.24) is 5.32 Å². The molecule has 1 aromatic rings. The first-order chi connectivity index (χ1) is 10.9. The Morgan fingerprint density at radius 2 is 2.00 bits per heavy atom. The molecule has 0 bridgehead atoms. The number of aromatic hydroxyl groups is 1. The number of phenols is 1. The molecule has 0 atom stereocenters. The van der Waals surface area contributed by atoms with Gasteiger partial charge in [0.2, 0.25) is 0 Å². The van der Waals surface area contributed by atoms with E-state index in [9.17, 15) is 14.7 Å². The summed E-state index contributed by atoms with van der Waals surface area (Å²) in [5.74, 6) is 1.05. The molecule has 0 radical (unpaired) electrons. The Balaban J connectivity index is 2.70. The minimum atomic E-state index is -0.823. The van der Waals surface area contributed by atoms with Crippen LogP contribution in [0, 0.1) is 12.3 Å². The number of phenolic OH excluding ortho intramolecular Hbond substituents is 1. The fraction of sp³-hybridized carbons (Fsp3) is 0.412. The van der Waals surface area contributed by atoms with Crippen molar-refractivity contribution in [3.8, 4) is 23.8 Å². The van der Waals surface area contributed by atoms with Crippen LogP contribution in [0.15, 0.2) is 18.2 Å². The van der Waals surface area contributed by atoms with Gasteiger partial charge < -0.3 is 19.9 Å². The van der Waals surface area contributed by atoms with Crippen LogP contribution in [0.5, 0.6) is 11.5 Å². The molecule has 0 aliphatic rings.